The highest BCUT2D eigenvalue weighted by Crippen LogP contribution is 2.29. The molecule has 1 atom stereocenters. The SMILES string of the molecule is CC[C@@H](C(=O)N1CCN(c2ccc(NC(=O)c3cccs3)cc2C(=O)N(CC)CC)CC1)c1ccccc1. The lowest BCUT2D eigenvalue weighted by Gasteiger charge is -2.38. The molecule has 0 saturated carbocycles. The number of thiophene rings is 1. The maximum absolute atomic E-state index is 13.5. The van der Waals surface area contributed by atoms with E-state index in [1.54, 1.807) is 17.0 Å². The first-order valence-corrected chi connectivity index (χ1v) is 14.2. The quantitative estimate of drug-likeness (QED) is 0.405. The number of rotatable bonds is 9. The van der Waals surface area contributed by atoms with Crippen LogP contribution in [-0.4, -0.2) is 66.8 Å². The van der Waals surface area contributed by atoms with Crippen molar-refractivity contribution in [2.75, 3.05) is 49.5 Å². The van der Waals surface area contributed by atoms with E-state index in [-0.39, 0.29) is 23.6 Å². The van der Waals surface area contributed by atoms with Gasteiger partial charge in [0.25, 0.3) is 11.8 Å². The van der Waals surface area contributed by atoms with E-state index >= 15 is 0 Å². The molecule has 1 aliphatic rings. The smallest absolute Gasteiger partial charge is 0.265 e. The number of nitrogens with zero attached hydrogens (tertiary/aromatic N) is 3. The van der Waals surface area contributed by atoms with E-state index in [1.165, 1.54) is 11.3 Å². The van der Waals surface area contributed by atoms with E-state index in [4.69, 9.17) is 0 Å². The zero-order chi connectivity index (χ0) is 27.1. The van der Waals surface area contributed by atoms with Crippen LogP contribution in [0.4, 0.5) is 11.4 Å². The highest BCUT2D eigenvalue weighted by Gasteiger charge is 2.29. The summed E-state index contributed by atoms with van der Waals surface area (Å²) in [6.07, 6.45) is 0.754. The zero-order valence-corrected chi connectivity index (χ0v) is 23.2. The molecule has 0 unspecified atom stereocenters. The Labute approximate surface area is 229 Å². The third-order valence-electron chi connectivity index (χ3n) is 7.12. The fraction of sp³-hybridized carbons (Fsp3) is 0.367. The standard InChI is InChI=1S/C30H36N4O3S/c1-4-24(22-11-8-7-9-12-22)29(36)34-18-16-33(17-19-34)26-15-14-23(31-28(35)27-13-10-20-38-27)21-25(26)30(37)32(5-2)6-3/h7-15,20-21,24H,4-6,16-19H2,1-3H3,(H,31,35)/t24-/m1/s1. The summed E-state index contributed by atoms with van der Waals surface area (Å²) >= 11 is 1.38. The number of carbonyl (C=O) groups is 3. The molecule has 0 aliphatic carbocycles. The molecule has 3 aromatic rings. The van der Waals surface area contributed by atoms with Gasteiger partial charge in [0.2, 0.25) is 5.91 Å². The minimum absolute atomic E-state index is 0.0640. The number of amides is 3. The van der Waals surface area contributed by atoms with Crippen molar-refractivity contribution in [3.63, 3.8) is 0 Å². The molecule has 1 aliphatic heterocycles. The molecule has 7 nitrogen and oxygen atoms in total. The maximum atomic E-state index is 13.5. The van der Waals surface area contributed by atoms with Crippen molar-refractivity contribution in [2.24, 2.45) is 0 Å². The van der Waals surface area contributed by atoms with Gasteiger partial charge in [-0.05, 0) is 55.5 Å². The molecule has 38 heavy (non-hydrogen) atoms. The van der Waals surface area contributed by atoms with Gasteiger partial charge in [-0.1, -0.05) is 43.3 Å². The van der Waals surface area contributed by atoms with Gasteiger partial charge in [-0.15, -0.1) is 11.3 Å². The number of nitrogens with one attached hydrogen (secondary N) is 1. The second-order valence-corrected chi connectivity index (χ2v) is 10.3. The van der Waals surface area contributed by atoms with Crippen LogP contribution < -0.4 is 10.2 Å². The third kappa shape index (κ3) is 6.07. The highest BCUT2D eigenvalue weighted by atomic mass is 32.1. The van der Waals surface area contributed by atoms with Crippen molar-refractivity contribution in [3.05, 3.63) is 82.0 Å². The van der Waals surface area contributed by atoms with Crippen LogP contribution in [0.2, 0.25) is 0 Å². The lowest BCUT2D eigenvalue weighted by atomic mass is 9.94. The van der Waals surface area contributed by atoms with Gasteiger partial charge in [0.1, 0.15) is 0 Å². The molecular formula is C30H36N4O3S. The van der Waals surface area contributed by atoms with Gasteiger partial charge in [0, 0.05) is 50.6 Å². The first kappa shape index (κ1) is 27.4. The minimum Gasteiger partial charge on any atom is -0.367 e. The molecule has 0 bridgehead atoms. The van der Waals surface area contributed by atoms with E-state index in [0.29, 0.717) is 55.4 Å². The topological polar surface area (TPSA) is 73.0 Å². The Morgan fingerprint density at radius 1 is 0.921 bits per heavy atom. The Morgan fingerprint density at radius 2 is 1.63 bits per heavy atom. The summed E-state index contributed by atoms with van der Waals surface area (Å²) in [7, 11) is 0. The van der Waals surface area contributed by atoms with Crippen molar-refractivity contribution in [2.45, 2.75) is 33.1 Å². The summed E-state index contributed by atoms with van der Waals surface area (Å²) in [4.78, 5) is 46.0. The Morgan fingerprint density at radius 3 is 2.24 bits per heavy atom. The first-order chi connectivity index (χ1) is 18.5. The van der Waals surface area contributed by atoms with Crippen LogP contribution in [0.25, 0.3) is 0 Å². The van der Waals surface area contributed by atoms with Crippen LogP contribution >= 0.6 is 11.3 Å². The Bertz CT molecular complexity index is 1230. The lowest BCUT2D eigenvalue weighted by Crippen LogP contribution is -2.50. The van der Waals surface area contributed by atoms with Crippen LogP contribution in [0.5, 0.6) is 0 Å². The summed E-state index contributed by atoms with van der Waals surface area (Å²) in [6, 6.07) is 19.1. The van der Waals surface area contributed by atoms with Gasteiger partial charge >= 0.3 is 0 Å². The largest absolute Gasteiger partial charge is 0.367 e. The average Bonchev–Trinajstić information content (AvgIpc) is 3.50. The maximum Gasteiger partial charge on any atom is 0.265 e. The molecule has 200 valence electrons. The predicted molar refractivity (Wildman–Crippen MR) is 154 cm³/mol. The Kier molecular flexibility index (Phi) is 9.18. The van der Waals surface area contributed by atoms with Crippen LogP contribution in [0.3, 0.4) is 0 Å². The van der Waals surface area contributed by atoms with E-state index in [9.17, 15) is 14.4 Å². The molecule has 0 spiro atoms. The highest BCUT2D eigenvalue weighted by molar-refractivity contribution is 7.12. The number of anilines is 2. The number of benzene rings is 2. The van der Waals surface area contributed by atoms with Gasteiger partial charge in [-0.2, -0.15) is 0 Å². The lowest BCUT2D eigenvalue weighted by molar-refractivity contribution is -0.133. The van der Waals surface area contributed by atoms with E-state index in [2.05, 4.69) is 17.1 Å². The normalized spacial score (nSPS) is 14.2. The van der Waals surface area contributed by atoms with Crippen molar-refractivity contribution >= 4 is 40.4 Å². The molecule has 2 heterocycles. The molecule has 1 aromatic heterocycles. The number of carbonyl (C=O) groups excluding carboxylic acids is 3. The second kappa shape index (κ2) is 12.7. The van der Waals surface area contributed by atoms with Gasteiger partial charge in [-0.25, -0.2) is 0 Å². The summed E-state index contributed by atoms with van der Waals surface area (Å²) in [5.74, 6) is -0.242. The van der Waals surface area contributed by atoms with E-state index in [0.717, 1.165) is 17.7 Å². The monoisotopic (exact) mass is 532 g/mol. The minimum atomic E-state index is -0.190. The zero-order valence-electron chi connectivity index (χ0n) is 22.4. The summed E-state index contributed by atoms with van der Waals surface area (Å²) in [5, 5.41) is 4.79. The summed E-state index contributed by atoms with van der Waals surface area (Å²) < 4.78 is 0. The average molecular weight is 533 g/mol. The van der Waals surface area contributed by atoms with Gasteiger partial charge < -0.3 is 20.0 Å². The first-order valence-electron chi connectivity index (χ1n) is 13.3. The van der Waals surface area contributed by atoms with Crippen LogP contribution in [0, 0.1) is 0 Å². The fourth-order valence-corrected chi connectivity index (χ4v) is 5.59. The van der Waals surface area contributed by atoms with Gasteiger partial charge in [0.05, 0.1) is 16.4 Å². The molecule has 2 aromatic carbocycles. The number of piperazine rings is 1. The Hall–Kier alpha value is -3.65. The number of hydrogen-bond donors (Lipinski definition) is 1. The van der Waals surface area contributed by atoms with Crippen molar-refractivity contribution in [1.29, 1.82) is 0 Å². The fourth-order valence-electron chi connectivity index (χ4n) is 4.97. The van der Waals surface area contributed by atoms with Crippen LogP contribution in [-0.2, 0) is 4.79 Å². The van der Waals surface area contributed by atoms with Crippen molar-refractivity contribution in [1.82, 2.24) is 9.80 Å². The van der Waals surface area contributed by atoms with E-state index < -0.39 is 0 Å². The number of hydrogen-bond acceptors (Lipinski definition) is 5. The Balaban J connectivity index is 1.52. The second-order valence-electron chi connectivity index (χ2n) is 9.32. The molecule has 1 N–H and O–H groups in total. The summed E-state index contributed by atoms with van der Waals surface area (Å²) in [6.45, 7) is 9.63. The predicted octanol–water partition coefficient (Wildman–Crippen LogP) is 5.32. The summed E-state index contributed by atoms with van der Waals surface area (Å²) in [5.41, 5.74) is 3.03. The molecular weight excluding hydrogens is 496 g/mol. The van der Waals surface area contributed by atoms with Crippen molar-refractivity contribution in [3.8, 4) is 0 Å². The van der Waals surface area contributed by atoms with Crippen LogP contribution in [0.1, 0.15) is 58.7 Å². The van der Waals surface area contributed by atoms with Crippen molar-refractivity contribution < 1.29 is 14.4 Å². The molecule has 4 rings (SSSR count). The molecule has 1 saturated heterocycles. The molecule has 3 amide bonds. The van der Waals surface area contributed by atoms with Crippen LogP contribution in [0.15, 0.2) is 66.0 Å². The van der Waals surface area contributed by atoms with Gasteiger partial charge in [0.15, 0.2) is 0 Å². The third-order valence-corrected chi connectivity index (χ3v) is 7.99. The molecule has 8 heteroatoms. The van der Waals surface area contributed by atoms with E-state index in [1.807, 2.05) is 72.7 Å². The van der Waals surface area contributed by atoms with Gasteiger partial charge in [-0.3, -0.25) is 14.4 Å². The molecule has 1 fully saturated rings. The molecule has 0 radical (unpaired) electrons.